The lowest BCUT2D eigenvalue weighted by Gasteiger charge is -2.35. The van der Waals surface area contributed by atoms with E-state index in [9.17, 15) is 14.0 Å². The number of hydrogen-bond acceptors (Lipinski definition) is 9. The number of nitrogens with zero attached hydrogens (tertiary/aromatic N) is 4. The summed E-state index contributed by atoms with van der Waals surface area (Å²) in [6.45, 7) is 3.42. The van der Waals surface area contributed by atoms with Gasteiger partial charge >= 0.3 is 5.97 Å². The Hall–Kier alpha value is -3.94. The standard InChI is InChI=1S/C26H32FN7O5/c1-26(24(37)28-12-13-34(2)3)14-38-23(39-15-26)22-32-20(16-4-6-17(27)7-5-16)21(33-22)18-8-10-29-25(31-18)30-11-9-19(35)36/h4-8,10,23H,9,11-15H2,1-3H3,(H,28,37)(H,32,33)(H,35,36)(H,29,30,31). The van der Waals surface area contributed by atoms with Crippen LogP contribution in [0.5, 0.6) is 0 Å². The summed E-state index contributed by atoms with van der Waals surface area (Å²) < 4.78 is 25.5. The summed E-state index contributed by atoms with van der Waals surface area (Å²) in [6, 6.07) is 7.54. The third-order valence-electron chi connectivity index (χ3n) is 6.10. The van der Waals surface area contributed by atoms with Crippen molar-refractivity contribution >= 4 is 17.8 Å². The summed E-state index contributed by atoms with van der Waals surface area (Å²) in [6.07, 6.45) is 0.579. The number of aliphatic carboxylic acids is 1. The number of benzene rings is 1. The normalized spacial score (nSPS) is 19.2. The van der Waals surface area contributed by atoms with Crippen molar-refractivity contribution < 1.29 is 28.6 Å². The average molecular weight is 542 g/mol. The molecule has 0 spiro atoms. The first-order chi connectivity index (χ1) is 18.6. The van der Waals surface area contributed by atoms with E-state index in [1.807, 2.05) is 19.0 Å². The Morgan fingerprint density at radius 1 is 1.15 bits per heavy atom. The van der Waals surface area contributed by atoms with Gasteiger partial charge in [0.25, 0.3) is 0 Å². The van der Waals surface area contributed by atoms with Crippen molar-refractivity contribution in [2.75, 3.05) is 52.3 Å². The van der Waals surface area contributed by atoms with E-state index in [2.05, 4.69) is 25.6 Å². The summed E-state index contributed by atoms with van der Waals surface area (Å²) in [5.41, 5.74) is 1.25. The van der Waals surface area contributed by atoms with Crippen molar-refractivity contribution in [1.29, 1.82) is 0 Å². The van der Waals surface area contributed by atoms with Crippen LogP contribution in [0.4, 0.5) is 10.3 Å². The maximum Gasteiger partial charge on any atom is 0.305 e. The van der Waals surface area contributed by atoms with Crippen molar-refractivity contribution in [3.05, 3.63) is 48.2 Å². The molecule has 39 heavy (non-hydrogen) atoms. The lowest BCUT2D eigenvalue weighted by atomic mass is 9.91. The van der Waals surface area contributed by atoms with E-state index in [1.54, 1.807) is 25.1 Å². The van der Waals surface area contributed by atoms with Gasteiger partial charge in [-0.25, -0.2) is 19.3 Å². The van der Waals surface area contributed by atoms with Crippen molar-refractivity contribution in [1.82, 2.24) is 30.2 Å². The molecule has 3 aromatic rings. The molecule has 12 nitrogen and oxygen atoms in total. The van der Waals surface area contributed by atoms with E-state index < -0.39 is 17.7 Å². The first kappa shape index (κ1) is 28.1. The molecule has 1 amide bonds. The zero-order valence-corrected chi connectivity index (χ0v) is 22.0. The molecule has 0 bridgehead atoms. The van der Waals surface area contributed by atoms with Gasteiger partial charge in [0.2, 0.25) is 18.1 Å². The van der Waals surface area contributed by atoms with E-state index >= 15 is 0 Å². The van der Waals surface area contributed by atoms with E-state index in [0.29, 0.717) is 41.6 Å². The molecule has 4 N–H and O–H groups in total. The van der Waals surface area contributed by atoms with Gasteiger partial charge < -0.3 is 35.1 Å². The number of likely N-dealkylation sites (N-methyl/N-ethyl adjacent to an activating group) is 1. The molecule has 1 saturated heterocycles. The molecule has 1 fully saturated rings. The van der Waals surface area contributed by atoms with Crippen LogP contribution in [-0.2, 0) is 19.1 Å². The lowest BCUT2D eigenvalue weighted by molar-refractivity contribution is -0.231. The van der Waals surface area contributed by atoms with Gasteiger partial charge in [0.05, 0.1) is 42.1 Å². The molecule has 0 atom stereocenters. The number of rotatable bonds is 11. The maximum absolute atomic E-state index is 13.6. The Morgan fingerprint density at radius 3 is 2.54 bits per heavy atom. The first-order valence-corrected chi connectivity index (χ1v) is 12.5. The minimum absolute atomic E-state index is 0.0917. The third kappa shape index (κ3) is 7.13. The zero-order valence-electron chi connectivity index (χ0n) is 22.0. The highest BCUT2D eigenvalue weighted by atomic mass is 19.1. The van der Waals surface area contributed by atoms with E-state index in [4.69, 9.17) is 19.6 Å². The van der Waals surface area contributed by atoms with Crippen molar-refractivity contribution in [3.8, 4) is 22.6 Å². The molecule has 1 aliphatic rings. The average Bonchev–Trinajstić information content (AvgIpc) is 3.35. The number of anilines is 1. The Labute approximate surface area is 225 Å². The quantitative estimate of drug-likeness (QED) is 0.284. The summed E-state index contributed by atoms with van der Waals surface area (Å²) in [5.74, 6) is -0.872. The summed E-state index contributed by atoms with van der Waals surface area (Å²) >= 11 is 0. The second kappa shape index (κ2) is 12.3. The fourth-order valence-electron chi connectivity index (χ4n) is 3.87. The van der Waals surface area contributed by atoms with Crippen molar-refractivity contribution in [2.45, 2.75) is 19.6 Å². The van der Waals surface area contributed by atoms with Gasteiger partial charge in [0.15, 0.2) is 5.82 Å². The second-order valence-electron chi connectivity index (χ2n) is 9.76. The molecule has 208 valence electrons. The minimum atomic E-state index is -0.940. The van der Waals surface area contributed by atoms with Gasteiger partial charge in [0, 0.05) is 31.4 Å². The third-order valence-corrected chi connectivity index (χ3v) is 6.10. The van der Waals surface area contributed by atoms with Crippen LogP contribution in [0.2, 0.25) is 0 Å². The summed E-state index contributed by atoms with van der Waals surface area (Å²) in [4.78, 5) is 42.1. The van der Waals surface area contributed by atoms with Crippen LogP contribution in [0, 0.1) is 11.2 Å². The van der Waals surface area contributed by atoms with Gasteiger partial charge in [-0.15, -0.1) is 0 Å². The van der Waals surface area contributed by atoms with Crippen LogP contribution in [0.1, 0.15) is 25.5 Å². The molecule has 1 aliphatic heterocycles. The number of H-pyrrole nitrogens is 1. The number of hydrogen-bond donors (Lipinski definition) is 4. The monoisotopic (exact) mass is 541 g/mol. The van der Waals surface area contributed by atoms with Crippen LogP contribution < -0.4 is 10.6 Å². The molecule has 0 saturated carbocycles. The predicted octanol–water partition coefficient (Wildman–Crippen LogP) is 2.29. The van der Waals surface area contributed by atoms with Crippen LogP contribution in [-0.4, -0.2) is 88.8 Å². The lowest BCUT2D eigenvalue weighted by Crippen LogP contribution is -2.49. The summed E-state index contributed by atoms with van der Waals surface area (Å²) in [7, 11) is 3.86. The molecule has 13 heteroatoms. The molecule has 0 radical (unpaired) electrons. The number of amides is 1. The number of ether oxygens (including phenoxy) is 2. The molecule has 0 unspecified atom stereocenters. The minimum Gasteiger partial charge on any atom is -0.481 e. The number of aromatic amines is 1. The van der Waals surface area contributed by atoms with E-state index in [1.165, 1.54) is 18.3 Å². The number of carbonyl (C=O) groups is 2. The van der Waals surface area contributed by atoms with Gasteiger partial charge in [-0.3, -0.25) is 9.59 Å². The number of aromatic nitrogens is 4. The summed E-state index contributed by atoms with van der Waals surface area (Å²) in [5, 5.41) is 14.7. The fraction of sp³-hybridized carbons (Fsp3) is 0.423. The topological polar surface area (TPSA) is 155 Å². The number of carboxylic acids is 1. The molecule has 2 aromatic heterocycles. The second-order valence-corrected chi connectivity index (χ2v) is 9.76. The fourth-order valence-corrected chi connectivity index (χ4v) is 3.87. The number of carbonyl (C=O) groups excluding carboxylic acids is 1. The van der Waals surface area contributed by atoms with Crippen molar-refractivity contribution in [3.63, 3.8) is 0 Å². The molecular weight excluding hydrogens is 509 g/mol. The SMILES string of the molecule is CN(C)CCNC(=O)C1(C)COC(c2nc(-c3ccc(F)cc3)c(-c3ccnc(NCCC(=O)O)n3)[nH]2)OC1. The zero-order chi connectivity index (χ0) is 28.0. The smallest absolute Gasteiger partial charge is 0.305 e. The molecule has 0 aliphatic carbocycles. The Kier molecular flexibility index (Phi) is 8.84. The Balaban J connectivity index is 1.56. The highest BCUT2D eigenvalue weighted by Crippen LogP contribution is 2.35. The number of halogens is 1. The first-order valence-electron chi connectivity index (χ1n) is 12.5. The van der Waals surface area contributed by atoms with Crippen molar-refractivity contribution in [2.24, 2.45) is 5.41 Å². The van der Waals surface area contributed by atoms with Crippen LogP contribution in [0.15, 0.2) is 36.5 Å². The maximum atomic E-state index is 13.6. The molecule has 1 aromatic carbocycles. The van der Waals surface area contributed by atoms with Gasteiger partial charge in [0.1, 0.15) is 5.82 Å². The highest BCUT2D eigenvalue weighted by molar-refractivity contribution is 5.82. The predicted molar refractivity (Wildman–Crippen MR) is 140 cm³/mol. The van der Waals surface area contributed by atoms with Crippen LogP contribution in [0.25, 0.3) is 22.6 Å². The number of carboxylic acid groups (broad SMARTS) is 1. The van der Waals surface area contributed by atoms with E-state index in [0.717, 1.165) is 0 Å². The van der Waals surface area contributed by atoms with Gasteiger partial charge in [-0.05, 0) is 51.4 Å². The molecule has 3 heterocycles. The van der Waals surface area contributed by atoms with Gasteiger partial charge in [-0.1, -0.05) is 0 Å². The number of nitrogens with one attached hydrogen (secondary N) is 3. The largest absolute Gasteiger partial charge is 0.481 e. The Morgan fingerprint density at radius 2 is 1.87 bits per heavy atom. The highest BCUT2D eigenvalue weighted by Gasteiger charge is 2.40. The molecular formula is C26H32FN7O5. The van der Waals surface area contributed by atoms with Crippen LogP contribution in [0.3, 0.4) is 0 Å². The van der Waals surface area contributed by atoms with Crippen LogP contribution >= 0.6 is 0 Å². The van der Waals surface area contributed by atoms with E-state index in [-0.39, 0.29) is 43.9 Å². The Bertz CT molecular complexity index is 1290. The number of imidazole rings is 1. The molecule has 4 rings (SSSR count). The van der Waals surface area contributed by atoms with Gasteiger partial charge in [-0.2, -0.15) is 0 Å².